The fourth-order valence-electron chi connectivity index (χ4n) is 2.94. The Balaban J connectivity index is 1.87. The molecule has 1 aromatic heterocycles. The van der Waals surface area contributed by atoms with Crippen LogP contribution in [0, 0.1) is 0 Å². The van der Waals surface area contributed by atoms with Crippen molar-refractivity contribution >= 4 is 16.1 Å². The van der Waals surface area contributed by atoms with Crippen LogP contribution in [0.25, 0.3) is 0 Å². The minimum absolute atomic E-state index is 0.214. The van der Waals surface area contributed by atoms with E-state index in [9.17, 15) is 13.2 Å². The Morgan fingerprint density at radius 1 is 1.42 bits per heavy atom. The van der Waals surface area contributed by atoms with Gasteiger partial charge in [0.25, 0.3) is 10.2 Å². The van der Waals surface area contributed by atoms with E-state index in [2.05, 4.69) is 15.0 Å². The molecule has 7 nitrogen and oxygen atoms in total. The lowest BCUT2D eigenvalue weighted by Crippen LogP contribution is -2.54. The van der Waals surface area contributed by atoms with Crippen LogP contribution < -0.4 is 10.0 Å². The third kappa shape index (κ3) is 5.75. The smallest absolute Gasteiger partial charge is 0.280 e. The number of aryl methyl sites for hydroxylation is 1. The van der Waals surface area contributed by atoms with Gasteiger partial charge in [-0.25, -0.2) is 0 Å². The van der Waals surface area contributed by atoms with E-state index in [-0.39, 0.29) is 5.91 Å². The topological polar surface area (TPSA) is 91.4 Å². The number of nitrogens with one attached hydrogen (secondary N) is 2. The predicted octanol–water partition coefficient (Wildman–Crippen LogP) is 1.62. The first-order valence-electron chi connectivity index (χ1n) is 9.22. The van der Waals surface area contributed by atoms with Crippen molar-refractivity contribution in [2.75, 3.05) is 13.1 Å². The van der Waals surface area contributed by atoms with E-state index in [0.717, 1.165) is 18.4 Å². The minimum Gasteiger partial charge on any atom is -0.355 e. The number of hydrogen-bond donors (Lipinski definition) is 2. The summed E-state index contributed by atoms with van der Waals surface area (Å²) in [5.41, 5.74) is 0.587. The molecule has 2 heterocycles. The highest BCUT2D eigenvalue weighted by Gasteiger charge is 2.40. The van der Waals surface area contributed by atoms with E-state index in [0.29, 0.717) is 32.4 Å². The van der Waals surface area contributed by atoms with Crippen molar-refractivity contribution in [1.82, 2.24) is 19.3 Å². The first kappa shape index (κ1) is 20.8. The van der Waals surface area contributed by atoms with Gasteiger partial charge in [0, 0.05) is 31.0 Å². The molecular formula is C18H30N4O3S. The van der Waals surface area contributed by atoms with Crippen LogP contribution in [0.2, 0.25) is 0 Å². The van der Waals surface area contributed by atoms with Crippen molar-refractivity contribution in [3.8, 4) is 0 Å². The van der Waals surface area contributed by atoms with E-state index >= 15 is 0 Å². The summed E-state index contributed by atoms with van der Waals surface area (Å²) in [5, 5.41) is 2.88. The summed E-state index contributed by atoms with van der Waals surface area (Å²) in [4.78, 5) is 16.6. The van der Waals surface area contributed by atoms with Crippen molar-refractivity contribution in [2.24, 2.45) is 0 Å². The number of rotatable bonds is 9. The van der Waals surface area contributed by atoms with Crippen molar-refractivity contribution < 1.29 is 13.2 Å². The molecule has 0 aromatic carbocycles. The van der Waals surface area contributed by atoms with Crippen molar-refractivity contribution in [3.63, 3.8) is 0 Å². The molecule has 0 bridgehead atoms. The quantitative estimate of drug-likeness (QED) is 0.635. The van der Waals surface area contributed by atoms with Gasteiger partial charge in [0.05, 0.1) is 0 Å². The fraction of sp³-hybridized carbons (Fsp3) is 0.667. The van der Waals surface area contributed by atoms with E-state index in [1.165, 1.54) is 4.31 Å². The van der Waals surface area contributed by atoms with Gasteiger partial charge in [-0.3, -0.25) is 9.78 Å². The molecule has 1 atom stereocenters. The Bertz CT molecular complexity index is 692. The third-order valence-electron chi connectivity index (χ3n) is 4.77. The summed E-state index contributed by atoms with van der Waals surface area (Å²) in [5.74, 6) is -0.214. The number of carbonyl (C=O) groups is 1. The van der Waals surface area contributed by atoms with Gasteiger partial charge in [-0.05, 0) is 57.6 Å². The number of amides is 1. The van der Waals surface area contributed by atoms with Gasteiger partial charge in [0.15, 0.2) is 0 Å². The molecule has 0 radical (unpaired) electrons. The zero-order valence-electron chi connectivity index (χ0n) is 15.9. The molecule has 1 fully saturated rings. The lowest BCUT2D eigenvalue weighted by molar-refractivity contribution is -0.124. The molecule has 1 aliphatic heterocycles. The van der Waals surface area contributed by atoms with Crippen LogP contribution in [0.3, 0.4) is 0 Å². The minimum atomic E-state index is -3.68. The summed E-state index contributed by atoms with van der Waals surface area (Å²) >= 11 is 0. The number of nitrogens with zero attached hydrogens (tertiary/aromatic N) is 2. The SMILES string of the molecule is CCC(C)(C)NS(=O)(=O)N1CCCC1C(=O)NCCCc1cccnc1. The first-order chi connectivity index (χ1) is 12.2. The number of hydrogen-bond acceptors (Lipinski definition) is 4. The lowest BCUT2D eigenvalue weighted by atomic mass is 10.0. The second-order valence-electron chi connectivity index (χ2n) is 7.37. The van der Waals surface area contributed by atoms with Gasteiger partial charge in [0.1, 0.15) is 6.04 Å². The summed E-state index contributed by atoms with van der Waals surface area (Å²) in [6.45, 7) is 6.51. The third-order valence-corrected chi connectivity index (χ3v) is 6.63. The zero-order valence-corrected chi connectivity index (χ0v) is 16.7. The maximum atomic E-state index is 12.7. The molecular weight excluding hydrogens is 352 g/mol. The summed E-state index contributed by atoms with van der Waals surface area (Å²) in [7, 11) is -3.68. The molecule has 8 heteroatoms. The molecule has 0 spiro atoms. The monoisotopic (exact) mass is 382 g/mol. The van der Waals surface area contributed by atoms with E-state index in [1.807, 2.05) is 39.1 Å². The first-order valence-corrected chi connectivity index (χ1v) is 10.7. The van der Waals surface area contributed by atoms with Crippen molar-refractivity contribution in [3.05, 3.63) is 30.1 Å². The molecule has 26 heavy (non-hydrogen) atoms. The highest BCUT2D eigenvalue weighted by atomic mass is 32.2. The molecule has 2 N–H and O–H groups in total. The summed E-state index contributed by atoms with van der Waals surface area (Å²) in [6, 6.07) is 3.26. The molecule has 1 aromatic rings. The fourth-order valence-corrected chi connectivity index (χ4v) is 4.80. The van der Waals surface area contributed by atoms with Crippen LogP contribution in [0.15, 0.2) is 24.5 Å². The molecule has 1 aliphatic rings. The Morgan fingerprint density at radius 3 is 2.85 bits per heavy atom. The normalized spacial score (nSPS) is 18.8. The van der Waals surface area contributed by atoms with Gasteiger partial charge < -0.3 is 5.32 Å². The standard InChI is InChI=1S/C18H30N4O3S/c1-4-18(2,3)21-26(24,25)22-13-7-10-16(22)17(23)20-12-6-9-15-8-5-11-19-14-15/h5,8,11,14,16,21H,4,6-7,9-10,12-13H2,1-3H3,(H,20,23). The zero-order chi connectivity index (χ0) is 19.2. The van der Waals surface area contributed by atoms with E-state index in [1.54, 1.807) is 6.20 Å². The number of aromatic nitrogens is 1. The average molecular weight is 383 g/mol. The Labute approximate surface area is 156 Å². The molecule has 146 valence electrons. The van der Waals surface area contributed by atoms with Crippen molar-refractivity contribution in [2.45, 2.75) is 64.5 Å². The van der Waals surface area contributed by atoms with Crippen molar-refractivity contribution in [1.29, 1.82) is 0 Å². The number of carbonyl (C=O) groups excluding carboxylic acids is 1. The Hall–Kier alpha value is -1.51. The number of pyridine rings is 1. The molecule has 2 rings (SSSR count). The highest BCUT2D eigenvalue weighted by molar-refractivity contribution is 7.87. The summed E-state index contributed by atoms with van der Waals surface area (Å²) in [6.07, 6.45) is 7.09. The van der Waals surface area contributed by atoms with E-state index < -0.39 is 21.8 Å². The average Bonchev–Trinajstić information content (AvgIpc) is 3.09. The molecule has 1 amide bonds. The van der Waals surface area contributed by atoms with Crippen LogP contribution in [-0.2, 0) is 21.4 Å². The second-order valence-corrected chi connectivity index (χ2v) is 8.99. The Kier molecular flexibility index (Phi) is 7.14. The highest BCUT2D eigenvalue weighted by Crippen LogP contribution is 2.22. The van der Waals surface area contributed by atoms with Gasteiger partial charge in [-0.2, -0.15) is 17.4 Å². The van der Waals surface area contributed by atoms with Crippen LogP contribution in [-0.4, -0.2) is 48.3 Å². The van der Waals surface area contributed by atoms with Gasteiger partial charge in [0.2, 0.25) is 5.91 Å². The summed E-state index contributed by atoms with van der Waals surface area (Å²) < 4.78 is 29.3. The predicted molar refractivity (Wildman–Crippen MR) is 102 cm³/mol. The molecule has 0 saturated carbocycles. The van der Waals surface area contributed by atoms with E-state index in [4.69, 9.17) is 0 Å². The maximum absolute atomic E-state index is 12.7. The van der Waals surface area contributed by atoms with Crippen LogP contribution >= 0.6 is 0 Å². The van der Waals surface area contributed by atoms with Crippen LogP contribution in [0.5, 0.6) is 0 Å². The van der Waals surface area contributed by atoms with Gasteiger partial charge >= 0.3 is 0 Å². The largest absolute Gasteiger partial charge is 0.355 e. The van der Waals surface area contributed by atoms with Gasteiger partial charge in [-0.15, -0.1) is 0 Å². The van der Waals surface area contributed by atoms with Gasteiger partial charge in [-0.1, -0.05) is 13.0 Å². The maximum Gasteiger partial charge on any atom is 0.280 e. The van der Waals surface area contributed by atoms with Crippen LogP contribution in [0.4, 0.5) is 0 Å². The molecule has 1 saturated heterocycles. The second kappa shape index (κ2) is 8.92. The van der Waals surface area contributed by atoms with Crippen LogP contribution in [0.1, 0.15) is 52.0 Å². The lowest BCUT2D eigenvalue weighted by Gasteiger charge is -2.30. The molecule has 0 aliphatic carbocycles. The molecule has 1 unspecified atom stereocenters. The Morgan fingerprint density at radius 2 is 2.19 bits per heavy atom.